The Morgan fingerprint density at radius 2 is 2.07 bits per heavy atom. The van der Waals surface area contributed by atoms with Crippen LogP contribution in [0.25, 0.3) is 0 Å². The maximum Gasteiger partial charge on any atom is 0.0959 e. The SMILES string of the molecule is CCC1CCC(c2nc(C)cs2)CC1. The van der Waals surface area contributed by atoms with Gasteiger partial charge in [0.2, 0.25) is 0 Å². The monoisotopic (exact) mass is 209 g/mol. The molecule has 0 saturated heterocycles. The Morgan fingerprint density at radius 1 is 1.36 bits per heavy atom. The molecule has 0 atom stereocenters. The fourth-order valence-corrected chi connectivity index (χ4v) is 3.35. The Bertz CT molecular complexity index is 284. The van der Waals surface area contributed by atoms with Crippen LogP contribution in [0.5, 0.6) is 0 Å². The molecule has 2 heteroatoms. The zero-order valence-corrected chi connectivity index (χ0v) is 9.94. The van der Waals surface area contributed by atoms with E-state index in [0.29, 0.717) is 0 Å². The highest BCUT2D eigenvalue weighted by atomic mass is 32.1. The summed E-state index contributed by atoms with van der Waals surface area (Å²) in [6.07, 6.45) is 6.93. The number of hydrogen-bond acceptors (Lipinski definition) is 2. The van der Waals surface area contributed by atoms with Crippen LogP contribution in [0.2, 0.25) is 0 Å². The first kappa shape index (κ1) is 10.2. The van der Waals surface area contributed by atoms with Gasteiger partial charge in [-0.25, -0.2) is 4.98 Å². The first-order valence-electron chi connectivity index (χ1n) is 5.71. The Kier molecular flexibility index (Phi) is 3.22. The lowest BCUT2D eigenvalue weighted by Crippen LogP contribution is -2.12. The number of hydrogen-bond donors (Lipinski definition) is 0. The van der Waals surface area contributed by atoms with Crippen LogP contribution in [0.3, 0.4) is 0 Å². The maximum absolute atomic E-state index is 4.60. The van der Waals surface area contributed by atoms with Crippen LogP contribution in [0, 0.1) is 12.8 Å². The van der Waals surface area contributed by atoms with Gasteiger partial charge in [0.1, 0.15) is 0 Å². The molecule has 0 radical (unpaired) electrons. The summed E-state index contributed by atoms with van der Waals surface area (Å²) >= 11 is 1.85. The highest BCUT2D eigenvalue weighted by Crippen LogP contribution is 2.37. The van der Waals surface area contributed by atoms with E-state index < -0.39 is 0 Å². The number of aryl methyl sites for hydroxylation is 1. The molecule has 1 aliphatic rings. The highest BCUT2D eigenvalue weighted by Gasteiger charge is 2.22. The molecular formula is C12H19NS. The lowest BCUT2D eigenvalue weighted by molar-refractivity contribution is 0.318. The molecule has 1 aromatic heterocycles. The third-order valence-electron chi connectivity index (χ3n) is 3.41. The van der Waals surface area contributed by atoms with Crippen LogP contribution < -0.4 is 0 Å². The van der Waals surface area contributed by atoms with E-state index in [1.807, 2.05) is 11.3 Å². The van der Waals surface area contributed by atoms with Gasteiger partial charge in [0.05, 0.1) is 5.01 Å². The van der Waals surface area contributed by atoms with E-state index in [0.717, 1.165) is 11.8 Å². The van der Waals surface area contributed by atoms with Gasteiger partial charge in [-0.05, 0) is 38.5 Å². The minimum absolute atomic E-state index is 0.775. The van der Waals surface area contributed by atoms with Crippen molar-refractivity contribution in [2.24, 2.45) is 5.92 Å². The lowest BCUT2D eigenvalue weighted by atomic mass is 9.81. The van der Waals surface area contributed by atoms with Crippen molar-refractivity contribution in [2.75, 3.05) is 0 Å². The standard InChI is InChI=1S/C12H19NS/c1-3-10-4-6-11(7-5-10)12-13-9(2)8-14-12/h8,10-11H,3-7H2,1-2H3. The van der Waals surface area contributed by atoms with E-state index in [-0.39, 0.29) is 0 Å². The van der Waals surface area contributed by atoms with Gasteiger partial charge in [-0.15, -0.1) is 11.3 Å². The molecule has 0 spiro atoms. The molecule has 0 amide bonds. The molecule has 1 fully saturated rings. The minimum atomic E-state index is 0.775. The molecule has 0 bridgehead atoms. The molecular weight excluding hydrogens is 190 g/mol. The van der Waals surface area contributed by atoms with E-state index in [1.165, 1.54) is 42.8 Å². The first-order chi connectivity index (χ1) is 6.79. The second kappa shape index (κ2) is 4.43. The average Bonchev–Trinajstić information content (AvgIpc) is 2.65. The Morgan fingerprint density at radius 3 is 2.57 bits per heavy atom. The molecule has 78 valence electrons. The number of aromatic nitrogens is 1. The van der Waals surface area contributed by atoms with Gasteiger partial charge in [0.25, 0.3) is 0 Å². The summed E-state index contributed by atoms with van der Waals surface area (Å²) in [7, 11) is 0. The molecule has 0 aliphatic heterocycles. The van der Waals surface area contributed by atoms with Crippen LogP contribution in [0.1, 0.15) is 55.6 Å². The fraction of sp³-hybridized carbons (Fsp3) is 0.750. The Hall–Kier alpha value is -0.370. The molecule has 0 aromatic carbocycles. The quantitative estimate of drug-likeness (QED) is 0.713. The molecule has 2 rings (SSSR count). The van der Waals surface area contributed by atoms with E-state index >= 15 is 0 Å². The third kappa shape index (κ3) is 2.17. The van der Waals surface area contributed by atoms with Crippen LogP contribution in [0.4, 0.5) is 0 Å². The van der Waals surface area contributed by atoms with Gasteiger partial charge in [-0.2, -0.15) is 0 Å². The highest BCUT2D eigenvalue weighted by molar-refractivity contribution is 7.09. The van der Waals surface area contributed by atoms with Crippen molar-refractivity contribution in [3.63, 3.8) is 0 Å². The summed E-state index contributed by atoms with van der Waals surface area (Å²) < 4.78 is 0. The summed E-state index contributed by atoms with van der Waals surface area (Å²) in [6, 6.07) is 0. The molecule has 1 heterocycles. The van der Waals surface area contributed by atoms with Crippen molar-refractivity contribution in [3.8, 4) is 0 Å². The molecule has 14 heavy (non-hydrogen) atoms. The zero-order chi connectivity index (χ0) is 9.97. The van der Waals surface area contributed by atoms with E-state index in [4.69, 9.17) is 0 Å². The molecule has 1 aromatic rings. The van der Waals surface area contributed by atoms with Crippen molar-refractivity contribution < 1.29 is 0 Å². The summed E-state index contributed by atoms with van der Waals surface area (Å²) in [5.74, 6) is 1.77. The van der Waals surface area contributed by atoms with Gasteiger partial charge in [0.15, 0.2) is 0 Å². The van der Waals surface area contributed by atoms with Gasteiger partial charge in [-0.3, -0.25) is 0 Å². The summed E-state index contributed by atoms with van der Waals surface area (Å²) in [6.45, 7) is 4.41. The van der Waals surface area contributed by atoms with Gasteiger partial charge >= 0.3 is 0 Å². The molecule has 0 unspecified atom stereocenters. The Labute approximate surface area is 90.6 Å². The maximum atomic E-state index is 4.60. The van der Waals surface area contributed by atoms with Gasteiger partial charge < -0.3 is 0 Å². The molecule has 1 saturated carbocycles. The van der Waals surface area contributed by atoms with Gasteiger partial charge in [-0.1, -0.05) is 13.3 Å². The van der Waals surface area contributed by atoms with E-state index in [9.17, 15) is 0 Å². The average molecular weight is 209 g/mol. The normalized spacial score (nSPS) is 27.9. The fourth-order valence-electron chi connectivity index (χ4n) is 2.38. The van der Waals surface area contributed by atoms with Crippen LogP contribution in [-0.4, -0.2) is 4.98 Å². The molecule has 0 N–H and O–H groups in total. The number of nitrogens with zero attached hydrogens (tertiary/aromatic N) is 1. The largest absolute Gasteiger partial charge is 0.246 e. The second-order valence-electron chi connectivity index (χ2n) is 4.45. The van der Waals surface area contributed by atoms with Crippen molar-refractivity contribution in [3.05, 3.63) is 16.1 Å². The smallest absolute Gasteiger partial charge is 0.0959 e. The topological polar surface area (TPSA) is 12.9 Å². The van der Waals surface area contributed by atoms with Crippen molar-refractivity contribution in [2.45, 2.75) is 51.9 Å². The van der Waals surface area contributed by atoms with Crippen LogP contribution >= 0.6 is 11.3 Å². The summed E-state index contributed by atoms with van der Waals surface area (Å²) in [4.78, 5) is 4.60. The van der Waals surface area contributed by atoms with Gasteiger partial charge in [0, 0.05) is 17.0 Å². The van der Waals surface area contributed by atoms with E-state index in [1.54, 1.807) is 0 Å². The predicted octanol–water partition coefficient (Wildman–Crippen LogP) is 4.14. The first-order valence-corrected chi connectivity index (χ1v) is 6.59. The Balaban J connectivity index is 1.95. The summed E-state index contributed by atoms with van der Waals surface area (Å²) in [5.41, 5.74) is 1.20. The van der Waals surface area contributed by atoms with Crippen molar-refractivity contribution in [1.29, 1.82) is 0 Å². The summed E-state index contributed by atoms with van der Waals surface area (Å²) in [5, 5.41) is 3.57. The van der Waals surface area contributed by atoms with Crippen molar-refractivity contribution >= 4 is 11.3 Å². The molecule has 1 nitrogen and oxygen atoms in total. The molecule has 1 aliphatic carbocycles. The third-order valence-corrected chi connectivity index (χ3v) is 4.54. The van der Waals surface area contributed by atoms with Crippen LogP contribution in [0.15, 0.2) is 5.38 Å². The zero-order valence-electron chi connectivity index (χ0n) is 9.12. The second-order valence-corrected chi connectivity index (χ2v) is 5.34. The minimum Gasteiger partial charge on any atom is -0.246 e. The van der Waals surface area contributed by atoms with E-state index in [2.05, 4.69) is 24.2 Å². The van der Waals surface area contributed by atoms with Crippen LogP contribution in [-0.2, 0) is 0 Å². The lowest BCUT2D eigenvalue weighted by Gasteiger charge is -2.26. The van der Waals surface area contributed by atoms with Crippen molar-refractivity contribution in [1.82, 2.24) is 4.98 Å². The number of thiazole rings is 1. The predicted molar refractivity (Wildman–Crippen MR) is 61.8 cm³/mol. The number of rotatable bonds is 2.